The van der Waals surface area contributed by atoms with Crippen molar-refractivity contribution < 1.29 is 13.9 Å². The predicted molar refractivity (Wildman–Crippen MR) is 72.4 cm³/mol. The van der Waals surface area contributed by atoms with Crippen molar-refractivity contribution in [3.63, 3.8) is 0 Å². The molecule has 4 nitrogen and oxygen atoms in total. The second-order valence-corrected chi connectivity index (χ2v) is 4.22. The standard InChI is InChI=1S/C13H11FN2O2S/c1-18-12-5-2-8(7-15-12)16-13(17)10-6-9(19)3-4-11(10)14/h2-7,19H,1H3,(H,16,17). The van der Waals surface area contributed by atoms with Crippen molar-refractivity contribution in [2.45, 2.75) is 4.90 Å². The van der Waals surface area contributed by atoms with Gasteiger partial charge in [0.1, 0.15) is 5.82 Å². The maximum atomic E-state index is 13.5. The summed E-state index contributed by atoms with van der Waals surface area (Å²) in [6.45, 7) is 0. The first-order valence-electron chi connectivity index (χ1n) is 5.40. The highest BCUT2D eigenvalue weighted by Crippen LogP contribution is 2.16. The molecular weight excluding hydrogens is 267 g/mol. The first kappa shape index (κ1) is 13.4. The summed E-state index contributed by atoms with van der Waals surface area (Å²) in [5.74, 6) is -0.723. The third-order valence-electron chi connectivity index (χ3n) is 2.40. The Labute approximate surface area is 115 Å². The highest BCUT2D eigenvalue weighted by molar-refractivity contribution is 7.80. The van der Waals surface area contributed by atoms with Crippen LogP contribution in [-0.4, -0.2) is 18.0 Å². The molecule has 1 amide bonds. The Hall–Kier alpha value is -2.08. The van der Waals surface area contributed by atoms with Gasteiger partial charge in [-0.3, -0.25) is 4.79 Å². The zero-order valence-corrected chi connectivity index (χ0v) is 10.9. The number of aromatic nitrogens is 1. The van der Waals surface area contributed by atoms with E-state index in [9.17, 15) is 9.18 Å². The van der Waals surface area contributed by atoms with E-state index in [1.54, 1.807) is 12.1 Å². The molecular formula is C13H11FN2O2S. The zero-order valence-electron chi connectivity index (χ0n) is 10.1. The molecule has 0 bridgehead atoms. The molecule has 1 heterocycles. The van der Waals surface area contributed by atoms with Crippen LogP contribution in [0, 0.1) is 5.82 Å². The van der Waals surface area contributed by atoms with Crippen LogP contribution >= 0.6 is 12.6 Å². The number of ether oxygens (including phenoxy) is 1. The number of thiol groups is 1. The number of nitrogens with zero attached hydrogens (tertiary/aromatic N) is 1. The number of hydrogen-bond donors (Lipinski definition) is 2. The number of nitrogens with one attached hydrogen (secondary N) is 1. The van der Waals surface area contributed by atoms with E-state index in [1.807, 2.05) is 0 Å². The number of halogens is 1. The van der Waals surface area contributed by atoms with Gasteiger partial charge in [0.25, 0.3) is 5.91 Å². The largest absolute Gasteiger partial charge is 0.481 e. The van der Waals surface area contributed by atoms with Gasteiger partial charge in [0.2, 0.25) is 5.88 Å². The summed E-state index contributed by atoms with van der Waals surface area (Å²) in [6.07, 6.45) is 1.43. The summed E-state index contributed by atoms with van der Waals surface area (Å²) in [6, 6.07) is 7.26. The minimum absolute atomic E-state index is 0.0664. The molecule has 0 spiro atoms. The summed E-state index contributed by atoms with van der Waals surface area (Å²) < 4.78 is 18.4. The molecule has 0 aliphatic rings. The fraction of sp³-hybridized carbons (Fsp3) is 0.0769. The lowest BCUT2D eigenvalue weighted by Crippen LogP contribution is -2.14. The highest BCUT2D eigenvalue weighted by Gasteiger charge is 2.12. The van der Waals surface area contributed by atoms with Crippen molar-refractivity contribution in [1.29, 1.82) is 0 Å². The molecule has 0 saturated carbocycles. The molecule has 0 radical (unpaired) electrons. The minimum Gasteiger partial charge on any atom is -0.481 e. The zero-order chi connectivity index (χ0) is 13.8. The molecule has 0 saturated heterocycles. The lowest BCUT2D eigenvalue weighted by Gasteiger charge is -2.07. The van der Waals surface area contributed by atoms with Crippen molar-refractivity contribution >= 4 is 24.2 Å². The van der Waals surface area contributed by atoms with Gasteiger partial charge in [0.15, 0.2) is 0 Å². The summed E-state index contributed by atoms with van der Waals surface area (Å²) in [7, 11) is 1.49. The molecule has 1 aromatic heterocycles. The van der Waals surface area contributed by atoms with Gasteiger partial charge >= 0.3 is 0 Å². The molecule has 0 aliphatic carbocycles. The fourth-order valence-electron chi connectivity index (χ4n) is 1.46. The van der Waals surface area contributed by atoms with Crippen LogP contribution in [0.5, 0.6) is 5.88 Å². The second-order valence-electron chi connectivity index (χ2n) is 3.71. The molecule has 19 heavy (non-hydrogen) atoms. The van der Waals surface area contributed by atoms with Gasteiger partial charge in [-0.15, -0.1) is 12.6 Å². The molecule has 1 N–H and O–H groups in total. The van der Waals surface area contributed by atoms with Crippen LogP contribution in [0.25, 0.3) is 0 Å². The van der Waals surface area contributed by atoms with E-state index in [-0.39, 0.29) is 5.56 Å². The smallest absolute Gasteiger partial charge is 0.258 e. The van der Waals surface area contributed by atoms with Gasteiger partial charge in [-0.2, -0.15) is 0 Å². The van der Waals surface area contributed by atoms with Crippen molar-refractivity contribution in [1.82, 2.24) is 4.98 Å². The number of carbonyl (C=O) groups is 1. The van der Waals surface area contributed by atoms with Crippen molar-refractivity contribution in [3.05, 3.63) is 47.9 Å². The van der Waals surface area contributed by atoms with Gasteiger partial charge < -0.3 is 10.1 Å². The molecule has 98 valence electrons. The normalized spacial score (nSPS) is 10.1. The van der Waals surface area contributed by atoms with Crippen LogP contribution in [0.1, 0.15) is 10.4 Å². The van der Waals surface area contributed by atoms with Gasteiger partial charge in [-0.25, -0.2) is 9.37 Å². The molecule has 6 heteroatoms. The lowest BCUT2D eigenvalue weighted by molar-refractivity contribution is 0.102. The molecule has 0 atom stereocenters. The van der Waals surface area contributed by atoms with E-state index in [0.29, 0.717) is 16.5 Å². The number of amides is 1. The van der Waals surface area contributed by atoms with Crippen molar-refractivity contribution in [2.24, 2.45) is 0 Å². The van der Waals surface area contributed by atoms with E-state index in [0.717, 1.165) is 0 Å². The van der Waals surface area contributed by atoms with Crippen molar-refractivity contribution in [3.8, 4) is 5.88 Å². The Kier molecular flexibility index (Phi) is 4.01. The van der Waals surface area contributed by atoms with E-state index < -0.39 is 11.7 Å². The van der Waals surface area contributed by atoms with Crippen molar-refractivity contribution in [2.75, 3.05) is 12.4 Å². The average molecular weight is 278 g/mol. The monoisotopic (exact) mass is 278 g/mol. The van der Waals surface area contributed by atoms with Gasteiger partial charge in [-0.1, -0.05) is 0 Å². The van der Waals surface area contributed by atoms with Gasteiger partial charge in [-0.05, 0) is 24.3 Å². The Balaban J connectivity index is 2.18. The Morgan fingerprint density at radius 2 is 2.16 bits per heavy atom. The topological polar surface area (TPSA) is 51.2 Å². The van der Waals surface area contributed by atoms with Gasteiger partial charge in [0, 0.05) is 11.0 Å². The Morgan fingerprint density at radius 3 is 2.79 bits per heavy atom. The third kappa shape index (κ3) is 3.23. The lowest BCUT2D eigenvalue weighted by atomic mass is 10.2. The number of hydrogen-bond acceptors (Lipinski definition) is 4. The third-order valence-corrected chi connectivity index (χ3v) is 2.68. The molecule has 2 aromatic rings. The number of methoxy groups -OCH3 is 1. The summed E-state index contributed by atoms with van der Waals surface area (Å²) in [5, 5.41) is 2.55. The van der Waals surface area contributed by atoms with E-state index in [1.165, 1.54) is 31.5 Å². The molecule has 0 unspecified atom stereocenters. The predicted octanol–water partition coefficient (Wildman–Crippen LogP) is 2.77. The number of anilines is 1. The Bertz CT molecular complexity index is 602. The summed E-state index contributed by atoms with van der Waals surface area (Å²) in [5.41, 5.74) is 0.387. The Morgan fingerprint density at radius 1 is 1.37 bits per heavy atom. The van der Waals surface area contributed by atoms with Crippen LogP contribution in [-0.2, 0) is 0 Å². The van der Waals surface area contributed by atoms with E-state index in [4.69, 9.17) is 4.74 Å². The SMILES string of the molecule is COc1ccc(NC(=O)c2cc(S)ccc2F)cn1. The summed E-state index contributed by atoms with van der Waals surface area (Å²) >= 11 is 4.07. The molecule has 2 rings (SSSR count). The fourth-order valence-corrected chi connectivity index (χ4v) is 1.66. The molecule has 0 fully saturated rings. The maximum absolute atomic E-state index is 13.5. The average Bonchev–Trinajstić information content (AvgIpc) is 2.42. The first-order valence-corrected chi connectivity index (χ1v) is 5.85. The van der Waals surface area contributed by atoms with Crippen LogP contribution in [0.3, 0.4) is 0 Å². The van der Waals surface area contributed by atoms with E-state index >= 15 is 0 Å². The molecule has 0 aliphatic heterocycles. The number of pyridine rings is 1. The van der Waals surface area contributed by atoms with Crippen LogP contribution in [0.15, 0.2) is 41.4 Å². The maximum Gasteiger partial charge on any atom is 0.258 e. The summed E-state index contributed by atoms with van der Waals surface area (Å²) in [4.78, 5) is 16.3. The quantitative estimate of drug-likeness (QED) is 0.849. The highest BCUT2D eigenvalue weighted by atomic mass is 32.1. The molecule has 1 aromatic carbocycles. The number of benzene rings is 1. The minimum atomic E-state index is -0.600. The van der Waals surface area contributed by atoms with E-state index in [2.05, 4.69) is 22.9 Å². The van der Waals surface area contributed by atoms with Crippen LogP contribution in [0.4, 0.5) is 10.1 Å². The number of rotatable bonds is 3. The van der Waals surface area contributed by atoms with Gasteiger partial charge in [0.05, 0.1) is 24.6 Å². The van der Waals surface area contributed by atoms with Crippen LogP contribution < -0.4 is 10.1 Å². The first-order chi connectivity index (χ1) is 9.10. The second kappa shape index (κ2) is 5.71. The number of carbonyl (C=O) groups excluding carboxylic acids is 1. The van der Waals surface area contributed by atoms with Crippen LogP contribution in [0.2, 0.25) is 0 Å².